The number of aliphatic carboxylic acids is 1. The Bertz CT molecular complexity index is 659. The highest BCUT2D eigenvalue weighted by molar-refractivity contribution is 5.96. The van der Waals surface area contributed by atoms with Crippen molar-refractivity contribution in [2.24, 2.45) is 11.3 Å². The molecule has 1 aliphatic heterocycles. The van der Waals surface area contributed by atoms with Crippen LogP contribution in [0.5, 0.6) is 5.75 Å². The van der Waals surface area contributed by atoms with E-state index in [1.807, 2.05) is 20.8 Å². The monoisotopic (exact) mass is 344 g/mol. The van der Waals surface area contributed by atoms with Crippen molar-refractivity contribution in [3.63, 3.8) is 0 Å². The molecule has 1 aromatic rings. The van der Waals surface area contributed by atoms with Crippen molar-refractivity contribution < 1.29 is 32.6 Å². The lowest BCUT2D eigenvalue weighted by atomic mass is 9.85. The molecule has 0 radical (unpaired) electrons. The lowest BCUT2D eigenvalue weighted by Gasteiger charge is -2.32. The molecule has 0 fully saturated rings. The molecule has 0 aliphatic carbocycles. The minimum Gasteiger partial charge on any atom is -0.481 e. The Morgan fingerprint density at radius 3 is 2.38 bits per heavy atom. The predicted molar refractivity (Wildman–Crippen MR) is 80.1 cm³/mol. The van der Waals surface area contributed by atoms with E-state index in [1.54, 1.807) is 0 Å². The lowest BCUT2D eigenvalue weighted by molar-refractivity contribution is -0.217. The number of ketones is 1. The molecule has 0 saturated heterocycles. The summed E-state index contributed by atoms with van der Waals surface area (Å²) in [5.41, 5.74) is 0.429. The average Bonchev–Trinajstić information content (AvgIpc) is 2.42. The highest BCUT2D eigenvalue weighted by Gasteiger charge is 2.52. The van der Waals surface area contributed by atoms with Crippen molar-refractivity contribution in [3.05, 3.63) is 29.3 Å². The SMILES string of the molecule is CC(C)(C)CC(=O)c1ccc2c(c1)CC(C(=O)O)C(C(F)(F)F)O2. The number of Topliss-reactive ketones (excluding diaryl/α,β-unsaturated/α-hetero) is 1. The van der Waals surface area contributed by atoms with Crippen LogP contribution < -0.4 is 4.74 Å². The first-order valence-corrected chi connectivity index (χ1v) is 7.51. The minimum atomic E-state index is -4.78. The van der Waals surface area contributed by atoms with Crippen molar-refractivity contribution in [2.45, 2.75) is 45.9 Å². The Kier molecular flexibility index (Phi) is 4.65. The van der Waals surface area contributed by atoms with Gasteiger partial charge in [0, 0.05) is 12.0 Å². The molecule has 1 aromatic carbocycles. The summed E-state index contributed by atoms with van der Waals surface area (Å²) in [4.78, 5) is 23.4. The Balaban J connectivity index is 2.33. The summed E-state index contributed by atoms with van der Waals surface area (Å²) < 4.78 is 43.9. The van der Waals surface area contributed by atoms with E-state index in [0.717, 1.165) is 0 Å². The highest BCUT2D eigenvalue weighted by Crippen LogP contribution is 2.39. The first kappa shape index (κ1) is 18.3. The summed E-state index contributed by atoms with van der Waals surface area (Å²) in [6.07, 6.45) is -7.22. The number of carbonyl (C=O) groups is 2. The average molecular weight is 344 g/mol. The first-order chi connectivity index (χ1) is 10.9. The maximum atomic E-state index is 13.0. The van der Waals surface area contributed by atoms with Crippen LogP contribution in [0, 0.1) is 11.3 Å². The fraction of sp³-hybridized carbons (Fsp3) is 0.529. The van der Waals surface area contributed by atoms with Crippen LogP contribution in [0.4, 0.5) is 13.2 Å². The Labute approximate surface area is 137 Å². The van der Waals surface area contributed by atoms with E-state index in [-0.39, 0.29) is 29.8 Å². The molecule has 132 valence electrons. The van der Waals surface area contributed by atoms with Crippen molar-refractivity contribution in [1.29, 1.82) is 0 Å². The van der Waals surface area contributed by atoms with Gasteiger partial charge in [-0.05, 0) is 35.6 Å². The smallest absolute Gasteiger partial charge is 0.426 e. The van der Waals surface area contributed by atoms with E-state index >= 15 is 0 Å². The summed E-state index contributed by atoms with van der Waals surface area (Å²) in [6.45, 7) is 5.71. The van der Waals surface area contributed by atoms with Crippen LogP contribution in [-0.4, -0.2) is 29.1 Å². The summed E-state index contributed by atoms with van der Waals surface area (Å²) in [5.74, 6) is -3.47. The number of benzene rings is 1. The van der Waals surface area contributed by atoms with Gasteiger partial charge in [-0.1, -0.05) is 20.8 Å². The summed E-state index contributed by atoms with van der Waals surface area (Å²) >= 11 is 0. The van der Waals surface area contributed by atoms with Crippen LogP contribution >= 0.6 is 0 Å². The molecule has 0 bridgehead atoms. The summed E-state index contributed by atoms with van der Waals surface area (Å²) in [7, 11) is 0. The molecule has 4 nitrogen and oxygen atoms in total. The molecule has 1 N–H and O–H groups in total. The van der Waals surface area contributed by atoms with Crippen LogP contribution in [0.25, 0.3) is 0 Å². The van der Waals surface area contributed by atoms with Crippen molar-refractivity contribution in [2.75, 3.05) is 0 Å². The number of alkyl halides is 3. The second-order valence-electron chi connectivity index (χ2n) is 7.21. The fourth-order valence-electron chi connectivity index (χ4n) is 2.69. The standard InChI is InChI=1S/C17H19F3O4/c1-16(2,3)8-12(21)9-4-5-13-10(6-9)7-11(15(22)23)14(24-13)17(18,19)20/h4-6,11,14H,7-8H2,1-3H3,(H,22,23). The first-order valence-electron chi connectivity index (χ1n) is 7.51. The van der Waals surface area contributed by atoms with Gasteiger partial charge >= 0.3 is 12.1 Å². The van der Waals surface area contributed by atoms with Gasteiger partial charge in [-0.3, -0.25) is 9.59 Å². The minimum absolute atomic E-state index is 0.0258. The third-order valence-corrected chi connectivity index (χ3v) is 3.77. The largest absolute Gasteiger partial charge is 0.481 e. The number of hydrogen-bond donors (Lipinski definition) is 1. The molecular weight excluding hydrogens is 325 g/mol. The van der Waals surface area contributed by atoms with Gasteiger partial charge in [-0.15, -0.1) is 0 Å². The molecule has 0 aromatic heterocycles. The number of carbonyl (C=O) groups excluding carboxylic acids is 1. The zero-order valence-corrected chi connectivity index (χ0v) is 13.6. The molecule has 1 heterocycles. The maximum Gasteiger partial charge on any atom is 0.426 e. The Morgan fingerprint density at radius 1 is 1.25 bits per heavy atom. The van der Waals surface area contributed by atoms with E-state index in [2.05, 4.69) is 0 Å². The highest BCUT2D eigenvalue weighted by atomic mass is 19.4. The van der Waals surface area contributed by atoms with E-state index < -0.39 is 24.2 Å². The molecule has 2 unspecified atom stereocenters. The Morgan fingerprint density at radius 2 is 1.88 bits per heavy atom. The third-order valence-electron chi connectivity index (χ3n) is 3.77. The summed E-state index contributed by atoms with van der Waals surface area (Å²) in [6, 6.07) is 4.16. The molecule has 24 heavy (non-hydrogen) atoms. The van der Waals surface area contributed by atoms with Gasteiger partial charge in [0.2, 0.25) is 6.10 Å². The van der Waals surface area contributed by atoms with Gasteiger partial charge in [0.05, 0.1) is 0 Å². The molecule has 0 spiro atoms. The molecule has 1 aliphatic rings. The van der Waals surface area contributed by atoms with Crippen LogP contribution in [0.15, 0.2) is 18.2 Å². The molecule has 2 rings (SSSR count). The van der Waals surface area contributed by atoms with Crippen molar-refractivity contribution in [3.8, 4) is 5.75 Å². The molecule has 2 atom stereocenters. The number of ether oxygens (including phenoxy) is 1. The van der Waals surface area contributed by atoms with Crippen LogP contribution in [0.1, 0.15) is 43.1 Å². The van der Waals surface area contributed by atoms with Crippen molar-refractivity contribution >= 4 is 11.8 Å². The maximum absolute atomic E-state index is 13.0. The molecule has 7 heteroatoms. The summed E-state index contributed by atoms with van der Waals surface area (Å²) in [5, 5.41) is 9.08. The number of fused-ring (bicyclic) bond motifs is 1. The number of halogens is 3. The van der Waals surface area contributed by atoms with Gasteiger partial charge in [-0.25, -0.2) is 0 Å². The van der Waals surface area contributed by atoms with Gasteiger partial charge in [0.25, 0.3) is 0 Å². The zero-order chi connectivity index (χ0) is 18.3. The second kappa shape index (κ2) is 6.11. The number of carboxylic acid groups (broad SMARTS) is 1. The van der Waals surface area contributed by atoms with E-state index in [1.165, 1.54) is 18.2 Å². The zero-order valence-electron chi connectivity index (χ0n) is 13.6. The second-order valence-corrected chi connectivity index (χ2v) is 7.21. The third kappa shape index (κ3) is 4.07. The lowest BCUT2D eigenvalue weighted by Crippen LogP contribution is -2.47. The normalized spacial score (nSPS) is 20.9. The van der Waals surface area contributed by atoms with E-state index in [0.29, 0.717) is 11.1 Å². The Hall–Kier alpha value is -2.05. The quantitative estimate of drug-likeness (QED) is 0.846. The fourth-order valence-corrected chi connectivity index (χ4v) is 2.69. The molecule has 0 saturated carbocycles. The van der Waals surface area contributed by atoms with Gasteiger partial charge in [-0.2, -0.15) is 13.2 Å². The van der Waals surface area contributed by atoms with E-state index in [4.69, 9.17) is 9.84 Å². The van der Waals surface area contributed by atoms with Crippen LogP contribution in [-0.2, 0) is 11.2 Å². The molecular formula is C17H19F3O4. The van der Waals surface area contributed by atoms with E-state index in [9.17, 15) is 22.8 Å². The number of hydrogen-bond acceptors (Lipinski definition) is 3. The van der Waals surface area contributed by atoms with Gasteiger partial charge in [0.15, 0.2) is 5.78 Å². The molecule has 0 amide bonds. The predicted octanol–water partition coefficient (Wildman–Crippen LogP) is 3.87. The number of rotatable bonds is 3. The number of carboxylic acids is 1. The van der Waals surface area contributed by atoms with Gasteiger partial charge in [0.1, 0.15) is 11.7 Å². The topological polar surface area (TPSA) is 63.6 Å². The van der Waals surface area contributed by atoms with Crippen LogP contribution in [0.2, 0.25) is 0 Å². The van der Waals surface area contributed by atoms with Crippen molar-refractivity contribution in [1.82, 2.24) is 0 Å². The van der Waals surface area contributed by atoms with Crippen LogP contribution in [0.3, 0.4) is 0 Å². The van der Waals surface area contributed by atoms with Gasteiger partial charge < -0.3 is 9.84 Å².